The first-order chi connectivity index (χ1) is 14.9. The third kappa shape index (κ3) is 5.71. The van der Waals surface area contributed by atoms with Crippen LogP contribution < -0.4 is 15.4 Å². The van der Waals surface area contributed by atoms with Gasteiger partial charge in [-0.2, -0.15) is 0 Å². The Morgan fingerprint density at radius 2 is 1.97 bits per heavy atom. The van der Waals surface area contributed by atoms with Crippen molar-refractivity contribution in [3.63, 3.8) is 0 Å². The fourth-order valence-corrected chi connectivity index (χ4v) is 3.13. The molecule has 2 heterocycles. The van der Waals surface area contributed by atoms with E-state index in [-0.39, 0.29) is 41.8 Å². The van der Waals surface area contributed by atoms with Gasteiger partial charge in [-0.15, -0.1) is 0 Å². The monoisotopic (exact) mass is 431 g/mol. The van der Waals surface area contributed by atoms with Gasteiger partial charge in [-0.3, -0.25) is 14.9 Å². The summed E-state index contributed by atoms with van der Waals surface area (Å²) in [6.07, 6.45) is 2.56. The molecular formula is C21H23F2N5O3. The van der Waals surface area contributed by atoms with E-state index in [0.717, 1.165) is 36.8 Å². The number of rotatable bonds is 9. The van der Waals surface area contributed by atoms with Crippen LogP contribution in [0.15, 0.2) is 18.3 Å². The quantitative estimate of drug-likeness (QED) is 0.632. The molecule has 2 aromatic rings. The number of nitrogens with one attached hydrogen (secondary N) is 2. The summed E-state index contributed by atoms with van der Waals surface area (Å²) in [5, 5.41) is 5.42. The van der Waals surface area contributed by atoms with Gasteiger partial charge < -0.3 is 10.1 Å². The van der Waals surface area contributed by atoms with Gasteiger partial charge >= 0.3 is 0 Å². The summed E-state index contributed by atoms with van der Waals surface area (Å²) in [4.78, 5) is 37.0. The highest BCUT2D eigenvalue weighted by Gasteiger charge is 2.30. The fraction of sp³-hybridized carbons (Fsp3) is 0.476. The number of anilines is 1. The summed E-state index contributed by atoms with van der Waals surface area (Å²) in [6, 6.07) is 3.37. The third-order valence-corrected chi connectivity index (χ3v) is 5.02. The van der Waals surface area contributed by atoms with E-state index in [1.807, 2.05) is 6.07 Å². The summed E-state index contributed by atoms with van der Waals surface area (Å²) < 4.78 is 30.0. The van der Waals surface area contributed by atoms with E-state index in [4.69, 9.17) is 4.74 Å². The van der Waals surface area contributed by atoms with Gasteiger partial charge in [0.1, 0.15) is 5.69 Å². The topological polar surface area (TPSA) is 106 Å². The molecule has 10 heteroatoms. The van der Waals surface area contributed by atoms with Crippen molar-refractivity contribution in [3.8, 4) is 5.88 Å². The van der Waals surface area contributed by atoms with Gasteiger partial charge in [0.15, 0.2) is 6.61 Å². The molecule has 2 aliphatic carbocycles. The second-order valence-electron chi connectivity index (χ2n) is 7.88. The minimum atomic E-state index is -2.57. The molecule has 0 aliphatic heterocycles. The van der Waals surface area contributed by atoms with Crippen LogP contribution >= 0.6 is 0 Å². The van der Waals surface area contributed by atoms with Crippen molar-refractivity contribution in [3.05, 3.63) is 40.8 Å². The molecule has 2 aromatic heterocycles. The van der Waals surface area contributed by atoms with Crippen LogP contribution in [-0.2, 0) is 11.3 Å². The van der Waals surface area contributed by atoms with E-state index in [1.54, 1.807) is 6.92 Å². The first-order valence-corrected chi connectivity index (χ1v) is 10.2. The number of alkyl halides is 2. The second-order valence-corrected chi connectivity index (χ2v) is 7.88. The molecule has 0 spiro atoms. The lowest BCUT2D eigenvalue weighted by atomic mass is 10.1. The van der Waals surface area contributed by atoms with Gasteiger partial charge in [0.2, 0.25) is 17.7 Å². The van der Waals surface area contributed by atoms with Crippen molar-refractivity contribution in [2.45, 2.75) is 51.5 Å². The van der Waals surface area contributed by atoms with E-state index in [2.05, 4.69) is 25.6 Å². The molecule has 0 bridgehead atoms. The predicted octanol–water partition coefficient (Wildman–Crippen LogP) is 2.98. The van der Waals surface area contributed by atoms with Crippen LogP contribution in [0.4, 0.5) is 14.7 Å². The lowest BCUT2D eigenvalue weighted by Gasteiger charge is -2.12. The average Bonchev–Trinajstić information content (AvgIpc) is 3.63. The SMILES string of the molecule is Cc1cc(C(=O)NCc2cnc(OCC(F)F)c(C3CC3)c2)nc(NC(=O)C2CC2)n1. The maximum absolute atomic E-state index is 12.6. The first kappa shape index (κ1) is 21.1. The molecule has 0 saturated heterocycles. The number of hydrogen-bond acceptors (Lipinski definition) is 6. The number of nitrogens with zero attached hydrogens (tertiary/aromatic N) is 3. The third-order valence-electron chi connectivity index (χ3n) is 5.02. The number of hydrogen-bond donors (Lipinski definition) is 2. The molecule has 2 aliphatic rings. The largest absolute Gasteiger partial charge is 0.471 e. The Morgan fingerprint density at radius 3 is 2.65 bits per heavy atom. The molecule has 4 rings (SSSR count). The van der Waals surface area contributed by atoms with Crippen LogP contribution in [0.1, 0.15) is 58.9 Å². The zero-order chi connectivity index (χ0) is 22.0. The summed E-state index contributed by atoms with van der Waals surface area (Å²) in [7, 11) is 0. The fourth-order valence-electron chi connectivity index (χ4n) is 3.13. The van der Waals surface area contributed by atoms with Gasteiger partial charge in [-0.25, -0.2) is 23.7 Å². The average molecular weight is 431 g/mol. The normalized spacial score (nSPS) is 15.6. The number of pyridine rings is 1. The molecule has 0 unspecified atom stereocenters. The van der Waals surface area contributed by atoms with Crippen LogP contribution in [0.25, 0.3) is 0 Å². The Hall–Kier alpha value is -3.17. The Bertz CT molecular complexity index is 993. The Labute approximate surface area is 177 Å². The van der Waals surface area contributed by atoms with E-state index in [9.17, 15) is 18.4 Å². The molecule has 31 heavy (non-hydrogen) atoms. The van der Waals surface area contributed by atoms with E-state index in [0.29, 0.717) is 5.69 Å². The molecule has 2 amide bonds. The van der Waals surface area contributed by atoms with Gasteiger partial charge in [-0.05, 0) is 56.2 Å². The zero-order valence-electron chi connectivity index (χ0n) is 17.0. The van der Waals surface area contributed by atoms with Crippen LogP contribution in [0, 0.1) is 12.8 Å². The molecule has 0 radical (unpaired) electrons. The standard InChI is InChI=1S/C21H23F2N5O3/c1-11-6-16(27-21(26-11)28-18(29)14-4-5-14)19(30)24-8-12-7-15(13-2-3-13)20(25-9-12)31-10-17(22)23/h6-7,9,13-14,17H,2-5,8,10H2,1H3,(H,24,30)(H,26,27,28,29). The molecule has 8 nitrogen and oxygen atoms in total. The first-order valence-electron chi connectivity index (χ1n) is 10.2. The molecule has 2 saturated carbocycles. The molecule has 0 aromatic carbocycles. The van der Waals surface area contributed by atoms with Crippen LogP contribution in [0.5, 0.6) is 5.88 Å². The van der Waals surface area contributed by atoms with E-state index in [1.165, 1.54) is 12.3 Å². The number of carbonyl (C=O) groups is 2. The van der Waals surface area contributed by atoms with Gasteiger partial charge in [0.25, 0.3) is 12.3 Å². The Morgan fingerprint density at radius 1 is 1.19 bits per heavy atom. The number of carbonyl (C=O) groups excluding carboxylic acids is 2. The van der Waals surface area contributed by atoms with Crippen molar-refractivity contribution in [1.29, 1.82) is 0 Å². The highest BCUT2D eigenvalue weighted by atomic mass is 19.3. The van der Waals surface area contributed by atoms with Gasteiger partial charge in [0.05, 0.1) is 0 Å². The summed E-state index contributed by atoms with van der Waals surface area (Å²) in [6.45, 7) is 1.21. The van der Waals surface area contributed by atoms with Crippen molar-refractivity contribution >= 4 is 17.8 Å². The number of amides is 2. The van der Waals surface area contributed by atoms with Crippen LogP contribution in [0.3, 0.4) is 0 Å². The lowest BCUT2D eigenvalue weighted by molar-refractivity contribution is -0.117. The summed E-state index contributed by atoms with van der Waals surface area (Å²) in [5.41, 5.74) is 2.22. The van der Waals surface area contributed by atoms with Gasteiger partial charge in [0, 0.05) is 29.9 Å². The predicted molar refractivity (Wildman–Crippen MR) is 107 cm³/mol. The van der Waals surface area contributed by atoms with Gasteiger partial charge in [-0.1, -0.05) is 0 Å². The number of aromatic nitrogens is 3. The van der Waals surface area contributed by atoms with Crippen molar-refractivity contribution in [1.82, 2.24) is 20.3 Å². The molecule has 0 atom stereocenters. The molecular weight excluding hydrogens is 408 g/mol. The van der Waals surface area contributed by atoms with E-state index < -0.39 is 18.9 Å². The number of aryl methyl sites for hydroxylation is 1. The van der Waals surface area contributed by atoms with Crippen LogP contribution in [-0.4, -0.2) is 39.8 Å². The highest BCUT2D eigenvalue weighted by molar-refractivity contribution is 5.95. The van der Waals surface area contributed by atoms with Crippen molar-refractivity contribution in [2.24, 2.45) is 5.92 Å². The summed E-state index contributed by atoms with van der Waals surface area (Å²) >= 11 is 0. The summed E-state index contributed by atoms with van der Waals surface area (Å²) in [5.74, 6) is 0.0315. The second kappa shape index (κ2) is 8.91. The smallest absolute Gasteiger partial charge is 0.272 e. The minimum absolute atomic E-state index is 0.00203. The molecule has 2 fully saturated rings. The highest BCUT2D eigenvalue weighted by Crippen LogP contribution is 2.43. The van der Waals surface area contributed by atoms with Crippen molar-refractivity contribution in [2.75, 3.05) is 11.9 Å². The molecule has 164 valence electrons. The zero-order valence-corrected chi connectivity index (χ0v) is 17.0. The number of halogens is 2. The maximum atomic E-state index is 12.6. The van der Waals surface area contributed by atoms with E-state index >= 15 is 0 Å². The van der Waals surface area contributed by atoms with Crippen molar-refractivity contribution < 1.29 is 23.1 Å². The lowest BCUT2D eigenvalue weighted by Crippen LogP contribution is -2.25. The molecule has 2 N–H and O–H groups in total. The Balaban J connectivity index is 1.40. The minimum Gasteiger partial charge on any atom is -0.471 e. The number of ether oxygens (including phenoxy) is 1. The Kier molecular flexibility index (Phi) is 6.06. The van der Waals surface area contributed by atoms with Crippen LogP contribution in [0.2, 0.25) is 0 Å². The maximum Gasteiger partial charge on any atom is 0.272 e.